The summed E-state index contributed by atoms with van der Waals surface area (Å²) in [6, 6.07) is 19.4. The second kappa shape index (κ2) is 7.98. The van der Waals surface area contributed by atoms with Crippen LogP contribution < -0.4 is 0 Å². The van der Waals surface area contributed by atoms with Crippen LogP contribution in [-0.4, -0.2) is 25.8 Å². The molecule has 0 aliphatic carbocycles. The maximum absolute atomic E-state index is 13.1. The number of rotatable bonds is 4. The third-order valence-electron chi connectivity index (χ3n) is 5.33. The van der Waals surface area contributed by atoms with Gasteiger partial charge in [-0.15, -0.1) is 0 Å². The summed E-state index contributed by atoms with van der Waals surface area (Å²) < 4.78 is 39.3. The first-order valence-electron chi connectivity index (χ1n) is 10.1. The summed E-state index contributed by atoms with van der Waals surface area (Å²) in [7, 11) is 0. The van der Waals surface area contributed by atoms with Crippen molar-refractivity contribution in [1.82, 2.24) is 15.0 Å². The molecule has 0 atom stereocenters. The number of nitrogens with one attached hydrogen (secondary N) is 2. The molecule has 0 amide bonds. The molecule has 0 unspecified atom stereocenters. The van der Waals surface area contributed by atoms with E-state index in [2.05, 4.69) is 15.0 Å². The van der Waals surface area contributed by atoms with Gasteiger partial charge in [0.05, 0.1) is 40.7 Å². The fourth-order valence-corrected chi connectivity index (χ4v) is 3.71. The van der Waals surface area contributed by atoms with Crippen molar-refractivity contribution in [3.8, 4) is 17.1 Å². The van der Waals surface area contributed by atoms with E-state index < -0.39 is 11.7 Å². The molecule has 3 aromatic carbocycles. The molecule has 0 bridgehead atoms. The number of halogens is 3. The minimum absolute atomic E-state index is 0.107. The molecule has 5 rings (SSSR count). The van der Waals surface area contributed by atoms with Crippen LogP contribution in [0.3, 0.4) is 0 Å². The Morgan fingerprint density at radius 3 is 2.30 bits per heavy atom. The van der Waals surface area contributed by atoms with E-state index in [4.69, 9.17) is 4.99 Å². The van der Waals surface area contributed by atoms with Gasteiger partial charge < -0.3 is 15.1 Å². The van der Waals surface area contributed by atoms with Gasteiger partial charge in [-0.25, -0.2) is 9.98 Å². The molecule has 3 N–H and O–H groups in total. The smallest absolute Gasteiger partial charge is 0.416 e. The standard InChI is InChI=1S/C25H17F3N4O/c26-25(27,28)17-9-5-16(6-10-17)23(22-19-3-1-2-4-20(19)32-24(22)33)31-18-11-7-15(8-12-18)21-13-29-14-30-21/h1-14,32-33H,(H,29,30). The molecule has 164 valence electrons. The summed E-state index contributed by atoms with van der Waals surface area (Å²) in [6.45, 7) is 0. The van der Waals surface area contributed by atoms with Gasteiger partial charge in [0.15, 0.2) is 5.88 Å². The lowest BCUT2D eigenvalue weighted by molar-refractivity contribution is -0.137. The first kappa shape index (κ1) is 20.6. The number of benzene rings is 3. The van der Waals surface area contributed by atoms with Gasteiger partial charge in [-0.2, -0.15) is 13.2 Å². The highest BCUT2D eigenvalue weighted by atomic mass is 19.4. The maximum Gasteiger partial charge on any atom is 0.416 e. The van der Waals surface area contributed by atoms with E-state index in [-0.39, 0.29) is 5.88 Å². The Hall–Kier alpha value is -4.33. The monoisotopic (exact) mass is 446 g/mol. The van der Waals surface area contributed by atoms with Crippen LogP contribution in [0, 0.1) is 0 Å². The molecular formula is C25H17F3N4O. The van der Waals surface area contributed by atoms with Gasteiger partial charge in [-0.1, -0.05) is 42.5 Å². The Kier molecular flexibility index (Phi) is 4.97. The molecule has 0 aliphatic heterocycles. The zero-order valence-corrected chi connectivity index (χ0v) is 17.1. The first-order valence-corrected chi connectivity index (χ1v) is 10.1. The van der Waals surface area contributed by atoms with E-state index in [1.54, 1.807) is 24.7 Å². The SMILES string of the molecule is Oc1[nH]c2ccccc2c1C(=Nc1ccc(-c2cnc[nH]2)cc1)c1ccc(C(F)(F)F)cc1. The van der Waals surface area contributed by atoms with Crippen LogP contribution in [0.1, 0.15) is 16.7 Å². The van der Waals surface area contributed by atoms with Gasteiger partial charge >= 0.3 is 6.18 Å². The Balaban J connectivity index is 1.65. The van der Waals surface area contributed by atoms with E-state index >= 15 is 0 Å². The maximum atomic E-state index is 13.1. The number of imidazole rings is 1. The zero-order chi connectivity index (χ0) is 23.0. The number of nitrogens with zero attached hydrogens (tertiary/aromatic N) is 2. The van der Waals surface area contributed by atoms with Gasteiger partial charge in [0.25, 0.3) is 0 Å². The predicted octanol–water partition coefficient (Wildman–Crippen LogP) is 6.45. The van der Waals surface area contributed by atoms with Crippen LogP contribution in [0.5, 0.6) is 5.88 Å². The van der Waals surface area contributed by atoms with Gasteiger partial charge in [-0.05, 0) is 35.9 Å². The number of hydrogen-bond donors (Lipinski definition) is 3. The number of alkyl halides is 3. The van der Waals surface area contributed by atoms with Crippen LogP contribution in [0.15, 0.2) is 90.3 Å². The molecule has 8 heteroatoms. The quantitative estimate of drug-likeness (QED) is 0.277. The number of fused-ring (bicyclic) bond motifs is 1. The van der Waals surface area contributed by atoms with E-state index in [9.17, 15) is 18.3 Å². The van der Waals surface area contributed by atoms with Crippen LogP contribution in [0.25, 0.3) is 22.2 Å². The summed E-state index contributed by atoms with van der Waals surface area (Å²) in [6.07, 6.45) is -1.15. The van der Waals surface area contributed by atoms with E-state index in [0.717, 1.165) is 23.4 Å². The highest BCUT2D eigenvalue weighted by molar-refractivity contribution is 6.21. The predicted molar refractivity (Wildman–Crippen MR) is 121 cm³/mol. The highest BCUT2D eigenvalue weighted by Gasteiger charge is 2.30. The van der Waals surface area contributed by atoms with Gasteiger partial charge in [0.1, 0.15) is 0 Å². The highest BCUT2D eigenvalue weighted by Crippen LogP contribution is 2.33. The number of aromatic nitrogens is 3. The van der Waals surface area contributed by atoms with E-state index in [1.807, 2.05) is 36.4 Å². The van der Waals surface area contributed by atoms with Gasteiger partial charge in [-0.3, -0.25) is 0 Å². The minimum atomic E-state index is -4.44. The van der Waals surface area contributed by atoms with Crippen molar-refractivity contribution in [2.24, 2.45) is 4.99 Å². The third kappa shape index (κ3) is 3.98. The lowest BCUT2D eigenvalue weighted by atomic mass is 9.99. The topological polar surface area (TPSA) is 77.1 Å². The van der Waals surface area contributed by atoms with Crippen LogP contribution >= 0.6 is 0 Å². The average Bonchev–Trinajstić information content (AvgIpc) is 3.45. The number of para-hydroxylation sites is 1. The molecule has 5 nitrogen and oxygen atoms in total. The molecule has 0 spiro atoms. The van der Waals surface area contributed by atoms with E-state index in [0.29, 0.717) is 33.4 Å². The Bertz CT molecular complexity index is 1430. The fraction of sp³-hybridized carbons (Fsp3) is 0.0400. The summed E-state index contributed by atoms with van der Waals surface area (Å²) in [5.41, 5.74) is 3.51. The van der Waals surface area contributed by atoms with Crippen molar-refractivity contribution in [1.29, 1.82) is 0 Å². The summed E-state index contributed by atoms with van der Waals surface area (Å²) in [5, 5.41) is 11.4. The summed E-state index contributed by atoms with van der Waals surface area (Å²) in [5.74, 6) is -0.107. The second-order valence-electron chi connectivity index (χ2n) is 7.44. The molecule has 0 fully saturated rings. The van der Waals surface area contributed by atoms with Crippen molar-refractivity contribution in [3.05, 3.63) is 102 Å². The van der Waals surface area contributed by atoms with Crippen LogP contribution in [0.4, 0.5) is 18.9 Å². The second-order valence-corrected chi connectivity index (χ2v) is 7.44. The minimum Gasteiger partial charge on any atom is -0.494 e. The Labute approximate surface area is 186 Å². The number of hydrogen-bond acceptors (Lipinski definition) is 3. The number of H-pyrrole nitrogens is 2. The first-order chi connectivity index (χ1) is 15.9. The van der Waals surface area contributed by atoms with Crippen molar-refractivity contribution >= 4 is 22.3 Å². The molecular weight excluding hydrogens is 429 g/mol. The van der Waals surface area contributed by atoms with Crippen molar-refractivity contribution in [2.75, 3.05) is 0 Å². The number of aromatic hydroxyl groups is 1. The average molecular weight is 446 g/mol. The molecule has 0 aliphatic rings. The summed E-state index contributed by atoms with van der Waals surface area (Å²) in [4.78, 5) is 14.7. The molecule has 5 aromatic rings. The normalized spacial score (nSPS) is 12.4. The number of aliphatic imine (C=N–C) groups is 1. The van der Waals surface area contributed by atoms with Crippen molar-refractivity contribution in [2.45, 2.75) is 6.18 Å². The summed E-state index contributed by atoms with van der Waals surface area (Å²) >= 11 is 0. The molecule has 0 saturated heterocycles. The Morgan fingerprint density at radius 1 is 0.909 bits per heavy atom. The fourth-order valence-electron chi connectivity index (χ4n) is 3.71. The Morgan fingerprint density at radius 2 is 1.64 bits per heavy atom. The molecule has 2 heterocycles. The largest absolute Gasteiger partial charge is 0.494 e. The van der Waals surface area contributed by atoms with Gasteiger partial charge in [0.2, 0.25) is 0 Å². The van der Waals surface area contributed by atoms with Gasteiger partial charge in [0, 0.05) is 16.5 Å². The van der Waals surface area contributed by atoms with Crippen molar-refractivity contribution < 1.29 is 18.3 Å². The zero-order valence-electron chi connectivity index (χ0n) is 17.1. The van der Waals surface area contributed by atoms with Crippen LogP contribution in [-0.2, 0) is 6.18 Å². The van der Waals surface area contributed by atoms with Crippen LogP contribution in [0.2, 0.25) is 0 Å². The lowest BCUT2D eigenvalue weighted by Gasteiger charge is -2.11. The van der Waals surface area contributed by atoms with E-state index in [1.165, 1.54) is 12.1 Å². The lowest BCUT2D eigenvalue weighted by Crippen LogP contribution is -2.07. The van der Waals surface area contributed by atoms with Crippen molar-refractivity contribution in [3.63, 3.8) is 0 Å². The molecule has 33 heavy (non-hydrogen) atoms. The number of aromatic amines is 2. The molecule has 0 radical (unpaired) electrons. The third-order valence-corrected chi connectivity index (χ3v) is 5.33. The molecule has 0 saturated carbocycles. The molecule has 2 aromatic heterocycles.